The maximum atomic E-state index is 10.7. The standard InChI is InChI=1S/C33H58O3Si/c1-23(13-11-19-32(6,7)35)28-17-18-29-25(14-12-20-33(28,29)8)15-16-26-21-27(34)22-30(24(26)2)36-37(9,10)31(3,4)5/h15-16,23,27-30,34-35H,2,11-14,17-22H2,1,3-10H3/t23-,27-,28-,29+,30+,33-/m1/s1. The van der Waals surface area contributed by atoms with Crippen LogP contribution >= 0.6 is 0 Å². The molecule has 3 nitrogen and oxygen atoms in total. The SMILES string of the molecule is C=C1C(=CC=C2CCC[C@]3(C)[C@@H]([C@H](C)CCCC(C)(C)O)CC[C@@H]23)C[C@@H](O)C[C@@H]1O[Si](C)(C)C(C)(C)C. The molecule has 3 aliphatic rings. The Bertz CT molecular complexity index is 871. The minimum atomic E-state index is -1.94. The van der Waals surface area contributed by atoms with Crippen molar-refractivity contribution >= 4 is 8.32 Å². The van der Waals surface area contributed by atoms with Crippen LogP contribution in [-0.2, 0) is 4.43 Å². The summed E-state index contributed by atoms with van der Waals surface area (Å²) in [5.41, 5.74) is 3.70. The van der Waals surface area contributed by atoms with Crippen molar-refractivity contribution in [3.63, 3.8) is 0 Å². The normalized spacial score (nSPS) is 34.7. The third kappa shape index (κ3) is 7.29. The van der Waals surface area contributed by atoms with Crippen LogP contribution in [0.2, 0.25) is 18.1 Å². The predicted molar refractivity (Wildman–Crippen MR) is 160 cm³/mol. The van der Waals surface area contributed by atoms with E-state index in [0.29, 0.717) is 30.1 Å². The van der Waals surface area contributed by atoms with Crippen molar-refractivity contribution in [1.29, 1.82) is 0 Å². The molecule has 0 radical (unpaired) electrons. The van der Waals surface area contributed by atoms with Crippen molar-refractivity contribution in [2.24, 2.45) is 23.2 Å². The summed E-state index contributed by atoms with van der Waals surface area (Å²) < 4.78 is 6.73. The summed E-state index contributed by atoms with van der Waals surface area (Å²) in [4.78, 5) is 0. The number of allylic oxidation sites excluding steroid dienone is 3. The second kappa shape index (κ2) is 11.4. The highest BCUT2D eigenvalue weighted by Crippen LogP contribution is 2.60. The molecule has 2 N–H and O–H groups in total. The second-order valence-corrected chi connectivity index (χ2v) is 20.0. The molecule has 0 unspecified atom stereocenters. The average Bonchev–Trinajstić information content (AvgIpc) is 3.10. The van der Waals surface area contributed by atoms with Gasteiger partial charge in [-0.3, -0.25) is 0 Å². The molecule has 0 saturated heterocycles. The van der Waals surface area contributed by atoms with Gasteiger partial charge in [0, 0.05) is 6.42 Å². The first-order valence-electron chi connectivity index (χ1n) is 15.1. The zero-order valence-corrected chi connectivity index (χ0v) is 26.6. The van der Waals surface area contributed by atoms with E-state index < -0.39 is 13.9 Å². The summed E-state index contributed by atoms with van der Waals surface area (Å²) in [7, 11) is -1.94. The lowest BCUT2D eigenvalue weighted by atomic mass is 9.60. The minimum absolute atomic E-state index is 0.0773. The van der Waals surface area contributed by atoms with E-state index >= 15 is 0 Å². The van der Waals surface area contributed by atoms with E-state index in [0.717, 1.165) is 24.3 Å². The third-order valence-electron chi connectivity index (χ3n) is 10.7. The molecule has 4 heteroatoms. The molecular formula is C33H58O3Si. The molecule has 0 amide bonds. The van der Waals surface area contributed by atoms with Gasteiger partial charge < -0.3 is 14.6 Å². The second-order valence-electron chi connectivity index (χ2n) is 15.2. The first-order chi connectivity index (χ1) is 16.9. The van der Waals surface area contributed by atoms with E-state index in [-0.39, 0.29) is 17.2 Å². The molecule has 0 spiro atoms. The summed E-state index contributed by atoms with van der Waals surface area (Å²) >= 11 is 0. The van der Waals surface area contributed by atoms with Crippen molar-refractivity contribution < 1.29 is 14.6 Å². The summed E-state index contributed by atoms with van der Waals surface area (Å²) in [6.07, 6.45) is 15.2. The van der Waals surface area contributed by atoms with Crippen LogP contribution in [-0.4, -0.2) is 36.3 Å². The fourth-order valence-electron chi connectivity index (χ4n) is 7.37. The zero-order chi connectivity index (χ0) is 27.8. The van der Waals surface area contributed by atoms with Crippen LogP contribution in [0.1, 0.15) is 113 Å². The fourth-order valence-corrected chi connectivity index (χ4v) is 8.67. The molecule has 0 heterocycles. The summed E-state index contributed by atoms with van der Waals surface area (Å²) in [5, 5.41) is 21.0. The predicted octanol–water partition coefficient (Wildman–Crippen LogP) is 8.73. The van der Waals surface area contributed by atoms with Crippen LogP contribution < -0.4 is 0 Å². The highest BCUT2D eigenvalue weighted by Gasteiger charge is 2.50. The van der Waals surface area contributed by atoms with Gasteiger partial charge in [-0.05, 0) is 111 Å². The highest BCUT2D eigenvalue weighted by molar-refractivity contribution is 6.74. The third-order valence-corrected chi connectivity index (χ3v) is 15.1. The van der Waals surface area contributed by atoms with Crippen LogP contribution in [0.15, 0.2) is 35.5 Å². The van der Waals surface area contributed by atoms with Gasteiger partial charge >= 0.3 is 0 Å². The Morgan fingerprint density at radius 1 is 1.16 bits per heavy atom. The summed E-state index contributed by atoms with van der Waals surface area (Å²) in [6.45, 7) is 24.7. The minimum Gasteiger partial charge on any atom is -0.410 e. The number of hydrogen-bond acceptors (Lipinski definition) is 3. The molecule has 37 heavy (non-hydrogen) atoms. The molecule has 3 fully saturated rings. The largest absolute Gasteiger partial charge is 0.410 e. The van der Waals surface area contributed by atoms with Gasteiger partial charge in [0.15, 0.2) is 8.32 Å². The molecule has 3 aliphatic carbocycles. The molecule has 0 bridgehead atoms. The number of aliphatic hydroxyl groups excluding tert-OH is 1. The monoisotopic (exact) mass is 530 g/mol. The molecule has 3 saturated carbocycles. The van der Waals surface area contributed by atoms with Crippen LogP contribution in [0.25, 0.3) is 0 Å². The van der Waals surface area contributed by atoms with E-state index in [9.17, 15) is 10.2 Å². The van der Waals surface area contributed by atoms with Gasteiger partial charge in [0.25, 0.3) is 0 Å². The number of rotatable bonds is 8. The molecule has 0 aromatic carbocycles. The summed E-state index contributed by atoms with van der Waals surface area (Å²) in [5.74, 6) is 2.14. The van der Waals surface area contributed by atoms with Gasteiger partial charge in [-0.2, -0.15) is 0 Å². The van der Waals surface area contributed by atoms with E-state index in [1.54, 1.807) is 5.57 Å². The van der Waals surface area contributed by atoms with E-state index in [4.69, 9.17) is 4.43 Å². The Kier molecular flexibility index (Phi) is 9.53. The number of hydrogen-bond donors (Lipinski definition) is 2. The Hall–Kier alpha value is -0.683. The quantitative estimate of drug-likeness (QED) is 0.308. The lowest BCUT2D eigenvalue weighted by Crippen LogP contribution is -2.46. The van der Waals surface area contributed by atoms with Crippen LogP contribution in [0.4, 0.5) is 0 Å². The molecule has 6 atom stereocenters. The van der Waals surface area contributed by atoms with Gasteiger partial charge in [-0.25, -0.2) is 0 Å². The van der Waals surface area contributed by atoms with Gasteiger partial charge in [-0.15, -0.1) is 0 Å². The van der Waals surface area contributed by atoms with Gasteiger partial charge in [0.05, 0.1) is 17.8 Å². The first kappa shape index (κ1) is 30.9. The van der Waals surface area contributed by atoms with Gasteiger partial charge in [0.2, 0.25) is 0 Å². The topological polar surface area (TPSA) is 49.7 Å². The molecule has 0 aliphatic heterocycles. The van der Waals surface area contributed by atoms with Crippen LogP contribution in [0.5, 0.6) is 0 Å². The van der Waals surface area contributed by atoms with Crippen molar-refractivity contribution in [3.8, 4) is 0 Å². The van der Waals surface area contributed by atoms with Crippen molar-refractivity contribution in [2.45, 2.75) is 149 Å². The maximum absolute atomic E-state index is 10.7. The van der Waals surface area contributed by atoms with Crippen LogP contribution in [0.3, 0.4) is 0 Å². The number of aliphatic hydroxyl groups is 2. The molecule has 0 aromatic heterocycles. The fraction of sp³-hybridized carbons (Fsp3) is 0.818. The Balaban J connectivity index is 1.73. The van der Waals surface area contributed by atoms with E-state index in [2.05, 4.69) is 66.4 Å². The lowest BCUT2D eigenvalue weighted by molar-refractivity contribution is 0.0596. The van der Waals surface area contributed by atoms with Gasteiger partial charge in [0.1, 0.15) is 0 Å². The molecular weight excluding hydrogens is 472 g/mol. The zero-order valence-electron chi connectivity index (χ0n) is 25.6. The van der Waals surface area contributed by atoms with E-state index in [1.807, 2.05) is 13.8 Å². The number of fused-ring (bicyclic) bond motifs is 1. The van der Waals surface area contributed by atoms with Crippen molar-refractivity contribution in [2.75, 3.05) is 0 Å². The maximum Gasteiger partial charge on any atom is 0.192 e. The van der Waals surface area contributed by atoms with E-state index in [1.165, 1.54) is 44.1 Å². The summed E-state index contributed by atoms with van der Waals surface area (Å²) in [6, 6.07) is 0. The first-order valence-corrected chi connectivity index (χ1v) is 18.0. The van der Waals surface area contributed by atoms with Crippen molar-refractivity contribution in [1.82, 2.24) is 0 Å². The molecule has 212 valence electrons. The molecule has 3 rings (SSSR count). The highest BCUT2D eigenvalue weighted by atomic mass is 28.4. The smallest absolute Gasteiger partial charge is 0.192 e. The van der Waals surface area contributed by atoms with Gasteiger partial charge in [-0.1, -0.05) is 71.8 Å². The Morgan fingerprint density at radius 3 is 2.46 bits per heavy atom. The Labute approximate surface area is 230 Å². The average molecular weight is 531 g/mol. The Morgan fingerprint density at radius 2 is 1.84 bits per heavy atom. The van der Waals surface area contributed by atoms with Crippen LogP contribution in [0, 0.1) is 23.2 Å². The van der Waals surface area contributed by atoms with Crippen molar-refractivity contribution in [3.05, 3.63) is 35.5 Å². The molecule has 0 aromatic rings. The lowest BCUT2D eigenvalue weighted by Gasteiger charge is -2.44.